The molecule has 0 radical (unpaired) electrons. The van der Waals surface area contributed by atoms with Crippen molar-refractivity contribution in [3.05, 3.63) is 211 Å². The number of aromatic nitrogens is 3. The fraction of sp³-hybridized carbons (Fsp3) is 0.0370. The van der Waals surface area contributed by atoms with Crippen LogP contribution in [0.5, 0.6) is 0 Å². The molecule has 0 bridgehead atoms. The van der Waals surface area contributed by atoms with Crippen LogP contribution >= 0.6 is 7.14 Å². The number of nitrogens with zero attached hydrogens (tertiary/aromatic N) is 3. The van der Waals surface area contributed by atoms with Gasteiger partial charge in [0.05, 0.1) is 27.6 Å². The van der Waals surface area contributed by atoms with Gasteiger partial charge in [-0.3, -0.25) is 0 Å². The fourth-order valence-electron chi connectivity index (χ4n) is 9.75. The number of benzene rings is 8. The second kappa shape index (κ2) is 13.2. The lowest BCUT2D eigenvalue weighted by Gasteiger charge is -2.22. The third kappa shape index (κ3) is 5.07. The molecule has 1 aliphatic rings. The van der Waals surface area contributed by atoms with Crippen molar-refractivity contribution in [1.29, 1.82) is 0 Å². The highest BCUT2D eigenvalue weighted by molar-refractivity contribution is 7.85. The van der Waals surface area contributed by atoms with E-state index in [2.05, 4.69) is 220 Å². The molecule has 0 saturated heterocycles. The molecule has 0 atom stereocenters. The highest BCUT2D eigenvalue weighted by Gasteiger charge is 2.31. The predicted molar refractivity (Wildman–Crippen MR) is 249 cm³/mol. The largest absolute Gasteiger partial charge is 0.310 e. The van der Waals surface area contributed by atoms with Crippen molar-refractivity contribution in [1.82, 2.24) is 13.7 Å². The van der Waals surface area contributed by atoms with Gasteiger partial charge in [0.15, 0.2) is 7.14 Å². The van der Waals surface area contributed by atoms with Crippen LogP contribution in [0.4, 0.5) is 0 Å². The molecular formula is C54H38N3OP. The number of aryl methyl sites for hydroxylation is 1. The van der Waals surface area contributed by atoms with Crippen molar-refractivity contribution in [3.8, 4) is 17.1 Å². The van der Waals surface area contributed by atoms with Gasteiger partial charge in [-0.25, -0.2) is 0 Å². The van der Waals surface area contributed by atoms with Crippen LogP contribution in [0.15, 0.2) is 200 Å². The second-order valence-corrected chi connectivity index (χ2v) is 18.3. The van der Waals surface area contributed by atoms with Crippen molar-refractivity contribution in [3.63, 3.8) is 0 Å². The van der Waals surface area contributed by atoms with Gasteiger partial charge in [0.2, 0.25) is 0 Å². The molecule has 3 heterocycles. The maximum absolute atomic E-state index is 16.3. The zero-order valence-electron chi connectivity index (χ0n) is 32.2. The molecule has 12 rings (SSSR count). The van der Waals surface area contributed by atoms with Crippen LogP contribution in [0.1, 0.15) is 17.7 Å². The average molecular weight is 776 g/mol. The van der Waals surface area contributed by atoms with Crippen LogP contribution in [0.25, 0.3) is 77.7 Å². The standard InChI is InChI=1S/C54H38N3OP/c58-59(40-31-25-37(26-32-40)55-49-19-7-1-13-43(49)44-14-2-8-20-50(44)55,41-33-27-38(28-34-41)56-51-21-9-3-15-45(51)46-16-4-10-22-52(46)56)42-35-29-39(30-36-42)57-53-23-11-5-17-47(53)48-18-6-12-24-54(48)57/h1-5,7-17,19-36H,6,18H2. The van der Waals surface area contributed by atoms with Gasteiger partial charge in [0, 0.05) is 65.6 Å². The first-order chi connectivity index (χ1) is 29.2. The Bertz CT molecular complexity index is 3240. The summed E-state index contributed by atoms with van der Waals surface area (Å²) in [5.74, 6) is 0. The summed E-state index contributed by atoms with van der Waals surface area (Å²) >= 11 is 0. The van der Waals surface area contributed by atoms with E-state index < -0.39 is 7.14 Å². The Morgan fingerprint density at radius 1 is 0.356 bits per heavy atom. The molecule has 4 nitrogen and oxygen atoms in total. The van der Waals surface area contributed by atoms with Crippen molar-refractivity contribution in [2.45, 2.75) is 12.8 Å². The molecule has 3 aromatic heterocycles. The molecule has 0 spiro atoms. The molecule has 0 N–H and O–H groups in total. The minimum atomic E-state index is -3.37. The lowest BCUT2D eigenvalue weighted by molar-refractivity contribution is 0.592. The van der Waals surface area contributed by atoms with Crippen LogP contribution in [0.3, 0.4) is 0 Å². The van der Waals surface area contributed by atoms with Gasteiger partial charge in [0.1, 0.15) is 0 Å². The third-order valence-electron chi connectivity index (χ3n) is 12.4. The number of allylic oxidation sites excluding steroid dienone is 1. The highest BCUT2D eigenvalue weighted by Crippen LogP contribution is 2.44. The van der Waals surface area contributed by atoms with Crippen LogP contribution in [0.2, 0.25) is 0 Å². The Balaban J connectivity index is 1.01. The SMILES string of the molecule is O=P(c1ccc(-n2c3c(c4ccccc42)CCC=C3)cc1)(c1ccc(-n2c3ccccc3c3ccccc32)cc1)c1ccc(-n2c3ccccc3c3ccccc32)cc1. The van der Waals surface area contributed by atoms with Gasteiger partial charge < -0.3 is 18.3 Å². The van der Waals surface area contributed by atoms with E-state index in [0.29, 0.717) is 0 Å². The minimum Gasteiger partial charge on any atom is -0.310 e. The zero-order valence-corrected chi connectivity index (χ0v) is 33.1. The normalized spacial score (nSPS) is 12.9. The number of fused-ring (bicyclic) bond motifs is 9. The third-order valence-corrected chi connectivity index (χ3v) is 15.5. The Kier molecular flexibility index (Phi) is 7.60. The monoisotopic (exact) mass is 775 g/mol. The van der Waals surface area contributed by atoms with Gasteiger partial charge in [-0.1, -0.05) is 97.1 Å². The first-order valence-corrected chi connectivity index (χ1v) is 22.1. The van der Waals surface area contributed by atoms with E-state index in [1.165, 1.54) is 43.7 Å². The molecule has 0 unspecified atom stereocenters. The summed E-state index contributed by atoms with van der Waals surface area (Å²) in [6.45, 7) is 0. The minimum absolute atomic E-state index is 0.797. The summed E-state index contributed by atoms with van der Waals surface area (Å²) in [7, 11) is -3.37. The molecule has 5 heteroatoms. The van der Waals surface area contributed by atoms with E-state index in [-0.39, 0.29) is 0 Å². The number of hydrogen-bond donors (Lipinski definition) is 0. The van der Waals surface area contributed by atoms with E-state index in [1.807, 2.05) is 0 Å². The van der Waals surface area contributed by atoms with Gasteiger partial charge in [-0.05, 0) is 128 Å². The Labute approximate surface area is 341 Å². The van der Waals surface area contributed by atoms with E-state index in [1.54, 1.807) is 0 Å². The number of para-hydroxylation sites is 5. The summed E-state index contributed by atoms with van der Waals surface area (Å²) < 4.78 is 23.3. The van der Waals surface area contributed by atoms with Crippen LogP contribution in [-0.4, -0.2) is 13.7 Å². The summed E-state index contributed by atoms with van der Waals surface area (Å²) in [6, 6.07) is 68.2. The van der Waals surface area contributed by atoms with Crippen molar-refractivity contribution < 1.29 is 4.57 Å². The molecule has 8 aromatic carbocycles. The van der Waals surface area contributed by atoms with Crippen molar-refractivity contribution in [2.24, 2.45) is 0 Å². The van der Waals surface area contributed by atoms with E-state index >= 15 is 4.57 Å². The summed E-state index contributed by atoms with van der Waals surface area (Å²) in [5, 5.41) is 8.56. The quantitative estimate of drug-likeness (QED) is 0.155. The first-order valence-electron chi connectivity index (χ1n) is 20.4. The molecular weight excluding hydrogens is 738 g/mol. The van der Waals surface area contributed by atoms with E-state index in [9.17, 15) is 0 Å². The summed E-state index contributed by atoms with van der Waals surface area (Å²) in [4.78, 5) is 0. The molecule has 0 aliphatic heterocycles. The molecule has 1 aliphatic carbocycles. The van der Waals surface area contributed by atoms with Gasteiger partial charge in [0.25, 0.3) is 0 Å². The van der Waals surface area contributed by atoms with Crippen LogP contribution in [-0.2, 0) is 11.0 Å². The summed E-state index contributed by atoms with van der Waals surface area (Å²) in [5.41, 5.74) is 11.5. The topological polar surface area (TPSA) is 31.9 Å². The van der Waals surface area contributed by atoms with Gasteiger partial charge in [-0.15, -0.1) is 0 Å². The van der Waals surface area contributed by atoms with Gasteiger partial charge >= 0.3 is 0 Å². The molecule has 59 heavy (non-hydrogen) atoms. The molecule has 0 amide bonds. The maximum Gasteiger partial charge on any atom is 0.171 e. The second-order valence-electron chi connectivity index (χ2n) is 15.6. The lowest BCUT2D eigenvalue weighted by Crippen LogP contribution is -2.25. The van der Waals surface area contributed by atoms with Crippen molar-refractivity contribution in [2.75, 3.05) is 0 Å². The number of rotatable bonds is 6. The Morgan fingerprint density at radius 2 is 0.678 bits per heavy atom. The Hall–Kier alpha value is -7.13. The smallest absolute Gasteiger partial charge is 0.171 e. The fourth-order valence-corrected chi connectivity index (χ4v) is 12.3. The lowest BCUT2D eigenvalue weighted by atomic mass is 10.0. The predicted octanol–water partition coefficient (Wildman–Crippen LogP) is 12.4. The van der Waals surface area contributed by atoms with Crippen LogP contribution in [0, 0.1) is 0 Å². The van der Waals surface area contributed by atoms with Crippen LogP contribution < -0.4 is 15.9 Å². The maximum atomic E-state index is 16.3. The van der Waals surface area contributed by atoms with E-state index in [4.69, 9.17) is 0 Å². The highest BCUT2D eigenvalue weighted by atomic mass is 31.2. The van der Waals surface area contributed by atoms with E-state index in [0.717, 1.165) is 67.9 Å². The van der Waals surface area contributed by atoms with Gasteiger partial charge in [-0.2, -0.15) is 0 Å². The molecule has 280 valence electrons. The molecule has 11 aromatic rings. The first kappa shape index (κ1) is 34.0. The van der Waals surface area contributed by atoms with Crippen molar-refractivity contribution >= 4 is 83.6 Å². The average Bonchev–Trinajstić information content (AvgIpc) is 3.95. The number of hydrogen-bond acceptors (Lipinski definition) is 1. The molecule has 0 fully saturated rings. The zero-order chi connectivity index (χ0) is 39.1. The Morgan fingerprint density at radius 3 is 1.07 bits per heavy atom. The molecule has 0 saturated carbocycles. The summed E-state index contributed by atoms with van der Waals surface area (Å²) in [6.07, 6.45) is 6.61.